The van der Waals surface area contributed by atoms with Crippen molar-refractivity contribution in [1.29, 1.82) is 0 Å². The Morgan fingerprint density at radius 3 is 2.36 bits per heavy atom. The number of carbonyl (C=O) groups is 1. The Labute approximate surface area is 86.1 Å². The maximum Gasteiger partial charge on any atom is 0.306 e. The van der Waals surface area contributed by atoms with Crippen LogP contribution in [-0.2, 0) is 4.79 Å². The van der Waals surface area contributed by atoms with Crippen LogP contribution in [0, 0.1) is 11.8 Å². The zero-order valence-electron chi connectivity index (χ0n) is 9.20. The van der Waals surface area contributed by atoms with Gasteiger partial charge in [-0.05, 0) is 44.8 Å². The SMILES string of the molecule is CCC(C(=O)O)C1CCN(CC)CC1. The summed E-state index contributed by atoms with van der Waals surface area (Å²) in [5.74, 6) is -0.322. The van der Waals surface area contributed by atoms with Gasteiger partial charge < -0.3 is 10.0 Å². The molecular weight excluding hydrogens is 178 g/mol. The van der Waals surface area contributed by atoms with Gasteiger partial charge in [-0.3, -0.25) is 4.79 Å². The highest BCUT2D eigenvalue weighted by Crippen LogP contribution is 2.27. The molecule has 0 aromatic rings. The first-order valence-electron chi connectivity index (χ1n) is 5.64. The van der Waals surface area contributed by atoms with Gasteiger partial charge in [-0.25, -0.2) is 0 Å². The molecule has 1 aliphatic rings. The average molecular weight is 199 g/mol. The Balaban J connectivity index is 2.43. The Bertz CT molecular complexity index is 186. The molecule has 1 fully saturated rings. The molecular formula is C11H21NO2. The molecule has 1 atom stereocenters. The number of hydrogen-bond acceptors (Lipinski definition) is 2. The van der Waals surface area contributed by atoms with Crippen molar-refractivity contribution in [2.24, 2.45) is 11.8 Å². The Morgan fingerprint density at radius 1 is 1.43 bits per heavy atom. The van der Waals surface area contributed by atoms with Crippen molar-refractivity contribution in [3.05, 3.63) is 0 Å². The van der Waals surface area contributed by atoms with E-state index in [4.69, 9.17) is 5.11 Å². The fourth-order valence-electron chi connectivity index (χ4n) is 2.38. The van der Waals surface area contributed by atoms with E-state index in [0.717, 1.165) is 38.9 Å². The number of nitrogens with zero attached hydrogens (tertiary/aromatic N) is 1. The molecule has 0 aromatic heterocycles. The number of aliphatic carboxylic acids is 1. The third-order valence-corrected chi connectivity index (χ3v) is 3.41. The van der Waals surface area contributed by atoms with Crippen molar-refractivity contribution in [3.8, 4) is 0 Å². The largest absolute Gasteiger partial charge is 0.481 e. The molecule has 3 nitrogen and oxygen atoms in total. The van der Waals surface area contributed by atoms with Crippen molar-refractivity contribution < 1.29 is 9.90 Å². The molecule has 1 saturated heterocycles. The second-order valence-corrected chi connectivity index (χ2v) is 4.12. The quantitative estimate of drug-likeness (QED) is 0.751. The summed E-state index contributed by atoms with van der Waals surface area (Å²) in [5, 5.41) is 9.03. The van der Waals surface area contributed by atoms with Crippen LogP contribution in [-0.4, -0.2) is 35.6 Å². The van der Waals surface area contributed by atoms with Crippen molar-refractivity contribution in [3.63, 3.8) is 0 Å². The molecule has 1 N–H and O–H groups in total. The predicted molar refractivity (Wildman–Crippen MR) is 56.3 cm³/mol. The number of rotatable bonds is 4. The number of carboxylic acid groups (broad SMARTS) is 1. The lowest BCUT2D eigenvalue weighted by atomic mass is 9.83. The third kappa shape index (κ3) is 2.71. The van der Waals surface area contributed by atoms with E-state index in [0.29, 0.717) is 5.92 Å². The second kappa shape index (κ2) is 5.35. The van der Waals surface area contributed by atoms with E-state index in [2.05, 4.69) is 11.8 Å². The van der Waals surface area contributed by atoms with Gasteiger partial charge in [-0.15, -0.1) is 0 Å². The Kier molecular flexibility index (Phi) is 4.39. The molecule has 0 spiro atoms. The fraction of sp³-hybridized carbons (Fsp3) is 0.909. The number of piperidine rings is 1. The lowest BCUT2D eigenvalue weighted by Gasteiger charge is -2.33. The highest BCUT2D eigenvalue weighted by atomic mass is 16.4. The van der Waals surface area contributed by atoms with Gasteiger partial charge >= 0.3 is 5.97 Å². The Hall–Kier alpha value is -0.570. The zero-order chi connectivity index (χ0) is 10.6. The van der Waals surface area contributed by atoms with Gasteiger partial charge in [0.25, 0.3) is 0 Å². The first-order chi connectivity index (χ1) is 6.69. The molecule has 1 rings (SSSR count). The van der Waals surface area contributed by atoms with Crippen LogP contribution < -0.4 is 0 Å². The summed E-state index contributed by atoms with van der Waals surface area (Å²) in [6, 6.07) is 0. The van der Waals surface area contributed by atoms with E-state index >= 15 is 0 Å². The first kappa shape index (κ1) is 11.5. The number of likely N-dealkylation sites (tertiary alicyclic amines) is 1. The predicted octanol–water partition coefficient (Wildman–Crippen LogP) is 1.83. The molecule has 1 heterocycles. The van der Waals surface area contributed by atoms with Crippen LogP contribution in [0.4, 0.5) is 0 Å². The molecule has 0 saturated carbocycles. The van der Waals surface area contributed by atoms with Gasteiger partial charge in [0.05, 0.1) is 5.92 Å². The van der Waals surface area contributed by atoms with Crippen LogP contribution in [0.1, 0.15) is 33.1 Å². The topological polar surface area (TPSA) is 40.5 Å². The minimum absolute atomic E-state index is 0.117. The summed E-state index contributed by atoms with van der Waals surface area (Å²) < 4.78 is 0. The first-order valence-corrected chi connectivity index (χ1v) is 5.64. The lowest BCUT2D eigenvalue weighted by Crippen LogP contribution is -2.37. The van der Waals surface area contributed by atoms with E-state index < -0.39 is 5.97 Å². The molecule has 14 heavy (non-hydrogen) atoms. The van der Waals surface area contributed by atoms with Gasteiger partial charge in [0, 0.05) is 0 Å². The lowest BCUT2D eigenvalue weighted by molar-refractivity contribution is -0.144. The van der Waals surface area contributed by atoms with Crippen LogP contribution in [0.2, 0.25) is 0 Å². The maximum absolute atomic E-state index is 11.0. The molecule has 0 amide bonds. The molecule has 0 radical (unpaired) electrons. The molecule has 1 aliphatic heterocycles. The average Bonchev–Trinajstić information content (AvgIpc) is 2.19. The minimum atomic E-state index is -0.609. The smallest absolute Gasteiger partial charge is 0.306 e. The van der Waals surface area contributed by atoms with Crippen LogP contribution in [0.3, 0.4) is 0 Å². The third-order valence-electron chi connectivity index (χ3n) is 3.41. The van der Waals surface area contributed by atoms with Gasteiger partial charge in [0.2, 0.25) is 0 Å². The summed E-state index contributed by atoms with van der Waals surface area (Å²) >= 11 is 0. The highest BCUT2D eigenvalue weighted by Gasteiger charge is 2.29. The van der Waals surface area contributed by atoms with Gasteiger partial charge in [0.1, 0.15) is 0 Å². The summed E-state index contributed by atoms with van der Waals surface area (Å²) in [6.07, 6.45) is 2.88. The van der Waals surface area contributed by atoms with Gasteiger partial charge in [0.15, 0.2) is 0 Å². The van der Waals surface area contributed by atoms with E-state index in [1.165, 1.54) is 0 Å². The van der Waals surface area contributed by atoms with Gasteiger partial charge in [-0.2, -0.15) is 0 Å². The van der Waals surface area contributed by atoms with E-state index in [9.17, 15) is 4.79 Å². The normalized spacial score (nSPS) is 22.1. The summed E-state index contributed by atoms with van der Waals surface area (Å²) in [7, 11) is 0. The van der Waals surface area contributed by atoms with Crippen LogP contribution >= 0.6 is 0 Å². The molecule has 3 heteroatoms. The van der Waals surface area contributed by atoms with Crippen molar-refractivity contribution in [2.75, 3.05) is 19.6 Å². The number of carboxylic acids is 1. The van der Waals surface area contributed by atoms with Crippen LogP contribution in [0.15, 0.2) is 0 Å². The van der Waals surface area contributed by atoms with Gasteiger partial charge in [-0.1, -0.05) is 13.8 Å². The number of hydrogen-bond donors (Lipinski definition) is 1. The molecule has 0 aliphatic carbocycles. The van der Waals surface area contributed by atoms with E-state index in [-0.39, 0.29) is 5.92 Å². The van der Waals surface area contributed by atoms with E-state index in [1.54, 1.807) is 0 Å². The standard InChI is InChI=1S/C11H21NO2/c1-3-10(11(13)14)9-5-7-12(4-2)8-6-9/h9-10H,3-8H2,1-2H3,(H,13,14). The van der Waals surface area contributed by atoms with Crippen molar-refractivity contribution >= 4 is 5.97 Å². The highest BCUT2D eigenvalue weighted by molar-refractivity contribution is 5.70. The summed E-state index contributed by atoms with van der Waals surface area (Å²) in [5.41, 5.74) is 0. The van der Waals surface area contributed by atoms with E-state index in [1.807, 2.05) is 6.92 Å². The zero-order valence-corrected chi connectivity index (χ0v) is 9.20. The fourth-order valence-corrected chi connectivity index (χ4v) is 2.38. The van der Waals surface area contributed by atoms with Crippen LogP contribution in [0.5, 0.6) is 0 Å². The van der Waals surface area contributed by atoms with Crippen molar-refractivity contribution in [1.82, 2.24) is 4.90 Å². The van der Waals surface area contributed by atoms with Crippen LogP contribution in [0.25, 0.3) is 0 Å². The molecule has 1 unspecified atom stereocenters. The minimum Gasteiger partial charge on any atom is -0.481 e. The Morgan fingerprint density at radius 2 is 2.00 bits per heavy atom. The molecule has 82 valence electrons. The molecule has 0 bridgehead atoms. The molecule has 0 aromatic carbocycles. The van der Waals surface area contributed by atoms with Crippen molar-refractivity contribution in [2.45, 2.75) is 33.1 Å². The summed E-state index contributed by atoms with van der Waals surface area (Å²) in [6.45, 7) is 7.38. The maximum atomic E-state index is 11.0. The monoisotopic (exact) mass is 199 g/mol. The second-order valence-electron chi connectivity index (χ2n) is 4.12. The summed E-state index contributed by atoms with van der Waals surface area (Å²) in [4.78, 5) is 13.4.